The van der Waals surface area contributed by atoms with Gasteiger partial charge in [0.25, 0.3) is 0 Å². The van der Waals surface area contributed by atoms with Crippen molar-refractivity contribution in [2.24, 2.45) is 5.41 Å². The first-order valence-electron chi connectivity index (χ1n) is 4.86. The van der Waals surface area contributed by atoms with Crippen LogP contribution in [0, 0.1) is 5.41 Å². The average molecular weight is 198 g/mol. The van der Waals surface area contributed by atoms with E-state index in [0.29, 0.717) is 13.0 Å². The van der Waals surface area contributed by atoms with Gasteiger partial charge in [0.1, 0.15) is 6.04 Å². The molecule has 0 saturated carbocycles. The molecule has 4 heteroatoms. The van der Waals surface area contributed by atoms with Crippen molar-refractivity contribution in [3.05, 3.63) is 0 Å². The Morgan fingerprint density at radius 3 is 2.43 bits per heavy atom. The predicted octanol–water partition coefficient (Wildman–Crippen LogP) is 0.379. The summed E-state index contributed by atoms with van der Waals surface area (Å²) in [6.07, 6.45) is 0.398. The second kappa shape index (κ2) is 3.59. The van der Waals surface area contributed by atoms with Gasteiger partial charge in [-0.2, -0.15) is 0 Å². The highest BCUT2D eigenvalue weighted by atomic mass is 16.2. The third-order valence-electron chi connectivity index (χ3n) is 2.47. The third-order valence-corrected chi connectivity index (χ3v) is 2.47. The van der Waals surface area contributed by atoms with Gasteiger partial charge in [0.15, 0.2) is 0 Å². The van der Waals surface area contributed by atoms with E-state index in [9.17, 15) is 9.59 Å². The van der Waals surface area contributed by atoms with E-state index in [1.54, 1.807) is 11.9 Å². The molecule has 4 nitrogen and oxygen atoms in total. The maximum Gasteiger partial charge on any atom is 0.245 e. The molecular formula is C10H18N2O2. The van der Waals surface area contributed by atoms with Crippen molar-refractivity contribution in [3.63, 3.8) is 0 Å². The van der Waals surface area contributed by atoms with Gasteiger partial charge in [0.2, 0.25) is 11.8 Å². The number of rotatable bonds is 0. The van der Waals surface area contributed by atoms with Crippen LogP contribution in [0.2, 0.25) is 0 Å². The fraction of sp³-hybridized carbons (Fsp3) is 0.800. The Balaban J connectivity index is 2.90. The Kier molecular flexibility index (Phi) is 2.83. The first-order chi connectivity index (χ1) is 6.32. The van der Waals surface area contributed by atoms with Crippen molar-refractivity contribution in [1.29, 1.82) is 0 Å². The quantitative estimate of drug-likeness (QED) is 0.611. The molecule has 0 spiro atoms. The average Bonchev–Trinajstić information content (AvgIpc) is 2.17. The topological polar surface area (TPSA) is 49.4 Å². The molecule has 1 unspecified atom stereocenters. The Morgan fingerprint density at radius 1 is 1.36 bits per heavy atom. The molecule has 0 aromatic rings. The number of amides is 2. The lowest BCUT2D eigenvalue weighted by molar-refractivity contribution is -0.135. The summed E-state index contributed by atoms with van der Waals surface area (Å²) in [5.74, 6) is -0.0361. The Hall–Kier alpha value is -1.06. The van der Waals surface area contributed by atoms with Crippen LogP contribution in [0.3, 0.4) is 0 Å². The summed E-state index contributed by atoms with van der Waals surface area (Å²) in [5, 5.41) is 2.77. The maximum absolute atomic E-state index is 11.8. The predicted molar refractivity (Wildman–Crippen MR) is 53.6 cm³/mol. The van der Waals surface area contributed by atoms with Crippen molar-refractivity contribution >= 4 is 11.8 Å². The molecule has 1 atom stereocenters. The molecule has 1 N–H and O–H groups in total. The van der Waals surface area contributed by atoms with Crippen molar-refractivity contribution in [3.8, 4) is 0 Å². The highest BCUT2D eigenvalue weighted by Gasteiger charge is 2.36. The fourth-order valence-corrected chi connectivity index (χ4v) is 1.48. The number of carbonyl (C=O) groups is 2. The summed E-state index contributed by atoms with van der Waals surface area (Å²) >= 11 is 0. The minimum Gasteiger partial charge on any atom is -0.344 e. The first kappa shape index (κ1) is 11.0. The SMILES string of the molecule is CN1CCC(=O)NC(C(C)(C)C)C1=O. The van der Waals surface area contributed by atoms with Crippen LogP contribution < -0.4 is 5.32 Å². The monoisotopic (exact) mass is 198 g/mol. The van der Waals surface area contributed by atoms with Gasteiger partial charge in [-0.3, -0.25) is 9.59 Å². The van der Waals surface area contributed by atoms with Gasteiger partial charge >= 0.3 is 0 Å². The van der Waals surface area contributed by atoms with Crippen molar-refractivity contribution < 1.29 is 9.59 Å². The summed E-state index contributed by atoms with van der Waals surface area (Å²) < 4.78 is 0. The van der Waals surface area contributed by atoms with Crippen LogP contribution in [-0.4, -0.2) is 36.3 Å². The summed E-state index contributed by atoms with van der Waals surface area (Å²) in [4.78, 5) is 24.8. The Bertz CT molecular complexity index is 255. The van der Waals surface area contributed by atoms with Crippen molar-refractivity contribution in [1.82, 2.24) is 10.2 Å². The normalized spacial score (nSPS) is 24.6. The molecule has 14 heavy (non-hydrogen) atoms. The largest absolute Gasteiger partial charge is 0.344 e. The lowest BCUT2D eigenvalue weighted by atomic mass is 9.86. The van der Waals surface area contributed by atoms with Gasteiger partial charge in [0.05, 0.1) is 0 Å². The van der Waals surface area contributed by atoms with Crippen molar-refractivity contribution in [2.45, 2.75) is 33.2 Å². The van der Waals surface area contributed by atoms with Gasteiger partial charge < -0.3 is 10.2 Å². The van der Waals surface area contributed by atoms with Crippen LogP contribution in [0.4, 0.5) is 0 Å². The second-order valence-electron chi connectivity index (χ2n) is 4.88. The van der Waals surface area contributed by atoms with Gasteiger partial charge in [-0.15, -0.1) is 0 Å². The molecule has 1 aliphatic heterocycles. The number of carbonyl (C=O) groups excluding carboxylic acids is 2. The second-order valence-corrected chi connectivity index (χ2v) is 4.88. The number of nitrogens with zero attached hydrogens (tertiary/aromatic N) is 1. The molecule has 1 saturated heterocycles. The summed E-state index contributed by atoms with van der Waals surface area (Å²) in [5.41, 5.74) is -0.231. The van der Waals surface area contributed by atoms with Crippen LogP contribution in [0.5, 0.6) is 0 Å². The van der Waals surface area contributed by atoms with Crippen LogP contribution in [-0.2, 0) is 9.59 Å². The zero-order valence-corrected chi connectivity index (χ0v) is 9.26. The molecule has 1 fully saturated rings. The van der Waals surface area contributed by atoms with E-state index in [-0.39, 0.29) is 17.2 Å². The van der Waals surface area contributed by atoms with Crippen molar-refractivity contribution in [2.75, 3.05) is 13.6 Å². The van der Waals surface area contributed by atoms with E-state index >= 15 is 0 Å². The molecule has 0 radical (unpaired) electrons. The van der Waals surface area contributed by atoms with Gasteiger partial charge in [0, 0.05) is 20.0 Å². The molecule has 1 rings (SSSR count). The molecule has 0 aromatic heterocycles. The zero-order valence-electron chi connectivity index (χ0n) is 9.26. The lowest BCUT2D eigenvalue weighted by Gasteiger charge is -2.30. The van der Waals surface area contributed by atoms with E-state index in [2.05, 4.69) is 5.32 Å². The van der Waals surface area contributed by atoms with Crippen LogP contribution >= 0.6 is 0 Å². The van der Waals surface area contributed by atoms with E-state index in [1.165, 1.54) is 0 Å². The van der Waals surface area contributed by atoms with Gasteiger partial charge in [-0.05, 0) is 5.41 Å². The van der Waals surface area contributed by atoms with E-state index in [0.717, 1.165) is 0 Å². The number of nitrogens with one attached hydrogen (secondary N) is 1. The van der Waals surface area contributed by atoms with E-state index in [1.807, 2.05) is 20.8 Å². The van der Waals surface area contributed by atoms with Gasteiger partial charge in [-0.25, -0.2) is 0 Å². The van der Waals surface area contributed by atoms with E-state index < -0.39 is 6.04 Å². The standard InChI is InChI=1S/C10H18N2O2/c1-10(2,3)8-9(14)12(4)6-5-7(13)11-8/h8H,5-6H2,1-4H3,(H,11,13). The molecule has 0 aromatic carbocycles. The number of hydrogen-bond donors (Lipinski definition) is 1. The molecule has 0 bridgehead atoms. The minimum absolute atomic E-state index is 0.00310. The number of hydrogen-bond acceptors (Lipinski definition) is 2. The summed E-state index contributed by atoms with van der Waals surface area (Å²) in [6, 6.07) is -0.400. The molecule has 0 aliphatic carbocycles. The van der Waals surface area contributed by atoms with Crippen LogP contribution in [0.1, 0.15) is 27.2 Å². The molecule has 1 heterocycles. The van der Waals surface area contributed by atoms with E-state index in [4.69, 9.17) is 0 Å². The Labute approximate surface area is 84.7 Å². The smallest absolute Gasteiger partial charge is 0.245 e. The molecule has 2 amide bonds. The van der Waals surface area contributed by atoms with Crippen LogP contribution in [0.15, 0.2) is 0 Å². The molecule has 80 valence electrons. The number of likely N-dealkylation sites (N-methyl/N-ethyl adjacent to an activating group) is 1. The maximum atomic E-state index is 11.8. The van der Waals surface area contributed by atoms with Gasteiger partial charge in [-0.1, -0.05) is 20.8 Å². The first-order valence-corrected chi connectivity index (χ1v) is 4.86. The summed E-state index contributed by atoms with van der Waals surface area (Å²) in [7, 11) is 1.74. The molecular weight excluding hydrogens is 180 g/mol. The fourth-order valence-electron chi connectivity index (χ4n) is 1.48. The highest BCUT2D eigenvalue weighted by Crippen LogP contribution is 2.22. The Morgan fingerprint density at radius 2 is 1.93 bits per heavy atom. The summed E-state index contributed by atoms with van der Waals surface area (Å²) in [6.45, 7) is 6.37. The lowest BCUT2D eigenvalue weighted by Crippen LogP contribution is -2.51. The molecule has 1 aliphatic rings. The highest BCUT2D eigenvalue weighted by molar-refractivity contribution is 5.90. The third kappa shape index (κ3) is 2.25. The minimum atomic E-state index is -0.400. The van der Waals surface area contributed by atoms with Crippen LogP contribution in [0.25, 0.3) is 0 Å². The zero-order chi connectivity index (χ0) is 10.9.